The Kier molecular flexibility index (Phi) is 7.08. The van der Waals surface area contributed by atoms with Gasteiger partial charge in [-0.25, -0.2) is 4.68 Å². The molecule has 0 radical (unpaired) electrons. The van der Waals surface area contributed by atoms with Gasteiger partial charge in [-0.1, -0.05) is 11.8 Å². The number of nitrogens with two attached hydrogens (primary N) is 1. The van der Waals surface area contributed by atoms with Crippen LogP contribution in [0.25, 0.3) is 11.4 Å². The predicted octanol–water partition coefficient (Wildman–Crippen LogP) is 2.42. The maximum atomic E-state index is 12.4. The number of thioether (sulfide) groups is 1. The lowest BCUT2D eigenvalue weighted by molar-refractivity contribution is -0.113. The highest BCUT2D eigenvalue weighted by atomic mass is 32.2. The number of anilines is 1. The number of nitrogens with zero attached hydrogens (tertiary/aromatic N) is 3. The number of aromatic nitrogens is 3. The minimum atomic E-state index is -0.246. The van der Waals surface area contributed by atoms with Gasteiger partial charge >= 0.3 is 0 Å². The van der Waals surface area contributed by atoms with Crippen molar-refractivity contribution in [2.45, 2.75) is 5.16 Å². The van der Waals surface area contributed by atoms with Gasteiger partial charge in [0.1, 0.15) is 11.5 Å². The largest absolute Gasteiger partial charge is 0.497 e. The number of amides is 1. The third-order valence-corrected chi connectivity index (χ3v) is 5.26. The van der Waals surface area contributed by atoms with Crippen molar-refractivity contribution in [3.8, 4) is 34.4 Å². The zero-order chi connectivity index (χ0) is 22.4. The molecule has 3 N–H and O–H groups in total. The van der Waals surface area contributed by atoms with E-state index in [1.54, 1.807) is 57.7 Å². The van der Waals surface area contributed by atoms with E-state index in [1.165, 1.54) is 11.8 Å². The van der Waals surface area contributed by atoms with E-state index in [1.807, 2.05) is 0 Å². The third kappa shape index (κ3) is 4.94. The van der Waals surface area contributed by atoms with Gasteiger partial charge in [-0.3, -0.25) is 4.79 Å². The normalized spacial score (nSPS) is 10.5. The Balaban J connectivity index is 1.68. The zero-order valence-corrected chi connectivity index (χ0v) is 18.4. The number of carbonyl (C=O) groups excluding carboxylic acids is 1. The van der Waals surface area contributed by atoms with Gasteiger partial charge < -0.3 is 30.1 Å². The molecule has 0 bridgehead atoms. The molecule has 1 amide bonds. The monoisotopic (exact) mass is 445 g/mol. The van der Waals surface area contributed by atoms with Gasteiger partial charge in [0.15, 0.2) is 17.3 Å². The van der Waals surface area contributed by atoms with E-state index in [0.717, 1.165) is 11.8 Å². The number of nitrogen functional groups attached to an aromatic ring is 1. The molecule has 0 aliphatic rings. The SMILES string of the molecule is COc1ccc(NC(=O)CSc2nnc(-c3ccc(OC)c(OC)c3)n2N)c(OC)c1. The fourth-order valence-corrected chi connectivity index (χ4v) is 3.42. The highest BCUT2D eigenvalue weighted by Crippen LogP contribution is 2.32. The molecule has 11 heteroatoms. The number of rotatable bonds is 9. The summed E-state index contributed by atoms with van der Waals surface area (Å²) in [7, 11) is 6.19. The summed E-state index contributed by atoms with van der Waals surface area (Å²) < 4.78 is 22.3. The summed E-state index contributed by atoms with van der Waals surface area (Å²) in [4.78, 5) is 12.4. The molecule has 0 fully saturated rings. The van der Waals surface area contributed by atoms with Crippen LogP contribution in [0.5, 0.6) is 23.0 Å². The fraction of sp³-hybridized carbons (Fsp3) is 0.250. The molecule has 0 unspecified atom stereocenters. The molecule has 10 nitrogen and oxygen atoms in total. The van der Waals surface area contributed by atoms with Crippen molar-refractivity contribution >= 4 is 23.4 Å². The number of ether oxygens (including phenoxy) is 4. The van der Waals surface area contributed by atoms with E-state index in [9.17, 15) is 4.79 Å². The van der Waals surface area contributed by atoms with Crippen LogP contribution in [0.2, 0.25) is 0 Å². The summed E-state index contributed by atoms with van der Waals surface area (Å²) in [6, 6.07) is 10.4. The van der Waals surface area contributed by atoms with Crippen LogP contribution in [0.4, 0.5) is 5.69 Å². The molecule has 0 saturated heterocycles. The summed E-state index contributed by atoms with van der Waals surface area (Å²) in [6.07, 6.45) is 0. The molecule has 0 saturated carbocycles. The maximum Gasteiger partial charge on any atom is 0.234 e. The molecule has 3 rings (SSSR count). The minimum absolute atomic E-state index is 0.0798. The first-order chi connectivity index (χ1) is 15.0. The van der Waals surface area contributed by atoms with E-state index < -0.39 is 0 Å². The lowest BCUT2D eigenvalue weighted by atomic mass is 10.2. The summed E-state index contributed by atoms with van der Waals surface area (Å²) in [5.74, 6) is 8.67. The highest BCUT2D eigenvalue weighted by molar-refractivity contribution is 7.99. The molecular formula is C20H23N5O5S. The Labute approximate surface area is 183 Å². The smallest absolute Gasteiger partial charge is 0.234 e. The Morgan fingerprint density at radius 1 is 0.968 bits per heavy atom. The number of benzene rings is 2. The van der Waals surface area contributed by atoms with Gasteiger partial charge in [-0.2, -0.15) is 0 Å². The number of carbonyl (C=O) groups is 1. The molecule has 0 spiro atoms. The Morgan fingerprint density at radius 2 is 1.71 bits per heavy atom. The molecule has 0 atom stereocenters. The Bertz CT molecular complexity index is 1070. The van der Waals surface area contributed by atoms with Crippen LogP contribution in [-0.2, 0) is 4.79 Å². The molecule has 1 heterocycles. The second-order valence-corrected chi connectivity index (χ2v) is 7.09. The zero-order valence-electron chi connectivity index (χ0n) is 17.5. The maximum absolute atomic E-state index is 12.4. The average molecular weight is 446 g/mol. The lowest BCUT2D eigenvalue weighted by Crippen LogP contribution is -2.17. The van der Waals surface area contributed by atoms with Crippen molar-refractivity contribution in [2.75, 3.05) is 45.4 Å². The third-order valence-electron chi connectivity index (χ3n) is 4.32. The highest BCUT2D eigenvalue weighted by Gasteiger charge is 2.16. The van der Waals surface area contributed by atoms with Crippen LogP contribution in [-0.4, -0.2) is 55.0 Å². The second kappa shape index (κ2) is 9.94. The first-order valence-corrected chi connectivity index (χ1v) is 10.1. The van der Waals surface area contributed by atoms with Crippen LogP contribution in [0.3, 0.4) is 0 Å². The van der Waals surface area contributed by atoms with E-state index in [-0.39, 0.29) is 11.7 Å². The van der Waals surface area contributed by atoms with Crippen molar-refractivity contribution in [1.29, 1.82) is 0 Å². The van der Waals surface area contributed by atoms with Crippen LogP contribution in [0.15, 0.2) is 41.6 Å². The standard InChI is InChI=1S/C20H23N5O5S/c1-27-13-6-7-14(16(10-13)29-3)22-18(26)11-31-20-24-23-19(25(20)21)12-5-8-15(28-2)17(9-12)30-4/h5-10H,11,21H2,1-4H3,(H,22,26). The summed E-state index contributed by atoms with van der Waals surface area (Å²) in [6.45, 7) is 0. The van der Waals surface area contributed by atoms with Gasteiger partial charge in [0.2, 0.25) is 11.1 Å². The topological polar surface area (TPSA) is 123 Å². The van der Waals surface area contributed by atoms with Gasteiger partial charge in [-0.05, 0) is 30.3 Å². The number of nitrogens with one attached hydrogen (secondary N) is 1. The molecule has 1 aromatic heterocycles. The molecule has 164 valence electrons. The minimum Gasteiger partial charge on any atom is -0.497 e. The second-order valence-electron chi connectivity index (χ2n) is 6.15. The van der Waals surface area contributed by atoms with Crippen molar-refractivity contribution in [2.24, 2.45) is 0 Å². The first-order valence-electron chi connectivity index (χ1n) is 9.08. The molecule has 3 aromatic rings. The molecule has 0 aliphatic heterocycles. The molecule has 2 aromatic carbocycles. The summed E-state index contributed by atoms with van der Waals surface area (Å²) in [5.41, 5.74) is 1.24. The Morgan fingerprint density at radius 3 is 2.39 bits per heavy atom. The quantitative estimate of drug-likeness (QED) is 0.377. The molecular weight excluding hydrogens is 422 g/mol. The van der Waals surface area contributed by atoms with Crippen molar-refractivity contribution < 1.29 is 23.7 Å². The van der Waals surface area contributed by atoms with Gasteiger partial charge in [0.05, 0.1) is 39.9 Å². The van der Waals surface area contributed by atoms with Crippen LogP contribution in [0, 0.1) is 0 Å². The van der Waals surface area contributed by atoms with Gasteiger partial charge in [0, 0.05) is 11.6 Å². The van der Waals surface area contributed by atoms with Gasteiger partial charge in [0.25, 0.3) is 0 Å². The number of methoxy groups -OCH3 is 4. The number of hydrogen-bond donors (Lipinski definition) is 2. The molecule has 31 heavy (non-hydrogen) atoms. The summed E-state index contributed by atoms with van der Waals surface area (Å²) >= 11 is 1.16. The fourth-order valence-electron chi connectivity index (χ4n) is 2.77. The number of hydrogen-bond acceptors (Lipinski definition) is 9. The Hall–Kier alpha value is -3.60. The van der Waals surface area contributed by atoms with Gasteiger partial charge in [-0.15, -0.1) is 10.2 Å². The van der Waals surface area contributed by atoms with Crippen LogP contribution >= 0.6 is 11.8 Å². The average Bonchev–Trinajstić information content (AvgIpc) is 3.17. The first kappa shape index (κ1) is 22.1. The van der Waals surface area contributed by atoms with Crippen molar-refractivity contribution in [3.05, 3.63) is 36.4 Å². The van der Waals surface area contributed by atoms with Crippen molar-refractivity contribution in [3.63, 3.8) is 0 Å². The van der Waals surface area contributed by atoms with Crippen LogP contribution < -0.4 is 30.1 Å². The summed E-state index contributed by atoms with van der Waals surface area (Å²) in [5, 5.41) is 11.4. The van der Waals surface area contributed by atoms with E-state index >= 15 is 0 Å². The van der Waals surface area contributed by atoms with Crippen LogP contribution in [0.1, 0.15) is 0 Å². The van der Waals surface area contributed by atoms with E-state index in [4.69, 9.17) is 24.8 Å². The molecule has 0 aliphatic carbocycles. The lowest BCUT2D eigenvalue weighted by Gasteiger charge is -2.11. The van der Waals surface area contributed by atoms with E-state index in [2.05, 4.69) is 15.5 Å². The predicted molar refractivity (Wildman–Crippen MR) is 118 cm³/mol. The van der Waals surface area contributed by atoms with Crippen molar-refractivity contribution in [1.82, 2.24) is 14.9 Å². The van der Waals surface area contributed by atoms with E-state index in [0.29, 0.717) is 45.2 Å².